The van der Waals surface area contributed by atoms with Crippen LogP contribution in [0, 0.1) is 6.92 Å². The predicted molar refractivity (Wildman–Crippen MR) is 85.8 cm³/mol. The number of benzene rings is 2. The Morgan fingerprint density at radius 2 is 1.90 bits per heavy atom. The molecule has 0 atom stereocenters. The molecule has 0 saturated heterocycles. The number of nitrogens with two attached hydrogens (primary N) is 1. The fourth-order valence-electron chi connectivity index (χ4n) is 1.82. The van der Waals surface area contributed by atoms with Gasteiger partial charge in [0.2, 0.25) is 0 Å². The van der Waals surface area contributed by atoms with E-state index in [1.54, 1.807) is 30.3 Å². The number of carbonyl (C=O) groups excluding carboxylic acids is 1. The van der Waals surface area contributed by atoms with E-state index in [0.29, 0.717) is 16.8 Å². The van der Waals surface area contributed by atoms with E-state index in [-0.39, 0.29) is 11.7 Å². The lowest BCUT2D eigenvalue weighted by atomic mass is 10.1. The van der Waals surface area contributed by atoms with Gasteiger partial charge in [0.25, 0.3) is 5.91 Å². The molecule has 0 aliphatic heterocycles. The number of aryl methyl sites for hydroxylation is 1. The molecule has 2 aromatic carbocycles. The van der Waals surface area contributed by atoms with Crippen molar-refractivity contribution in [1.82, 2.24) is 0 Å². The number of carbonyl (C=O) groups is 1. The van der Waals surface area contributed by atoms with Crippen molar-refractivity contribution in [3.8, 4) is 0 Å². The van der Waals surface area contributed by atoms with Crippen LogP contribution in [-0.4, -0.2) is 17.0 Å². The third-order valence-electron chi connectivity index (χ3n) is 2.99. The number of amides is 1. The highest BCUT2D eigenvalue weighted by Gasteiger charge is 2.10. The SMILES string of the molecule is Cc1ccc(Br)cc1C(=O)Nc1ccc(C(N)=NO)cc1. The molecule has 0 bridgehead atoms. The Hall–Kier alpha value is -2.34. The van der Waals surface area contributed by atoms with E-state index in [9.17, 15) is 4.79 Å². The van der Waals surface area contributed by atoms with Crippen LogP contribution >= 0.6 is 15.9 Å². The quantitative estimate of drug-likeness (QED) is 0.345. The molecule has 5 nitrogen and oxygen atoms in total. The van der Waals surface area contributed by atoms with Crippen molar-refractivity contribution < 1.29 is 10.0 Å². The van der Waals surface area contributed by atoms with Gasteiger partial charge in [0.1, 0.15) is 0 Å². The fourth-order valence-corrected chi connectivity index (χ4v) is 2.18. The molecule has 1 amide bonds. The molecule has 0 aromatic heterocycles. The van der Waals surface area contributed by atoms with Gasteiger partial charge in [-0.25, -0.2) is 0 Å². The number of halogens is 1. The zero-order chi connectivity index (χ0) is 15.4. The number of rotatable bonds is 3. The molecule has 2 aromatic rings. The third-order valence-corrected chi connectivity index (χ3v) is 3.48. The first-order valence-corrected chi connectivity index (χ1v) is 6.96. The first kappa shape index (κ1) is 15.1. The monoisotopic (exact) mass is 347 g/mol. The Morgan fingerprint density at radius 3 is 2.52 bits per heavy atom. The number of oxime groups is 1. The number of amidine groups is 1. The smallest absolute Gasteiger partial charge is 0.255 e. The summed E-state index contributed by atoms with van der Waals surface area (Å²) in [4.78, 5) is 12.2. The van der Waals surface area contributed by atoms with Crippen molar-refractivity contribution in [3.63, 3.8) is 0 Å². The Kier molecular flexibility index (Phi) is 4.59. The molecule has 108 valence electrons. The minimum atomic E-state index is -0.189. The second-order valence-electron chi connectivity index (χ2n) is 4.48. The fraction of sp³-hybridized carbons (Fsp3) is 0.0667. The van der Waals surface area contributed by atoms with Gasteiger partial charge in [-0.1, -0.05) is 27.2 Å². The summed E-state index contributed by atoms with van der Waals surface area (Å²) in [6.07, 6.45) is 0. The van der Waals surface area contributed by atoms with Crippen LogP contribution in [-0.2, 0) is 0 Å². The third kappa shape index (κ3) is 3.61. The van der Waals surface area contributed by atoms with E-state index in [1.165, 1.54) is 0 Å². The standard InChI is InChI=1S/C15H14BrN3O2/c1-9-2-5-11(16)8-13(9)15(20)18-12-6-3-10(4-7-12)14(17)19-21/h2-8,21H,1H3,(H2,17,19)(H,18,20). The van der Waals surface area contributed by atoms with Gasteiger partial charge < -0.3 is 16.3 Å². The van der Waals surface area contributed by atoms with Crippen molar-refractivity contribution in [2.24, 2.45) is 10.9 Å². The summed E-state index contributed by atoms with van der Waals surface area (Å²) in [6.45, 7) is 1.88. The van der Waals surface area contributed by atoms with E-state index in [1.807, 2.05) is 19.1 Å². The Morgan fingerprint density at radius 1 is 1.24 bits per heavy atom. The average molecular weight is 348 g/mol. The van der Waals surface area contributed by atoms with Crippen LogP contribution < -0.4 is 11.1 Å². The molecule has 0 aliphatic carbocycles. The summed E-state index contributed by atoms with van der Waals surface area (Å²) in [6, 6.07) is 12.3. The van der Waals surface area contributed by atoms with Crippen molar-refractivity contribution in [2.45, 2.75) is 6.92 Å². The van der Waals surface area contributed by atoms with Crippen LogP contribution in [0.2, 0.25) is 0 Å². The molecular weight excluding hydrogens is 334 g/mol. The van der Waals surface area contributed by atoms with Gasteiger partial charge >= 0.3 is 0 Å². The molecule has 0 heterocycles. The second-order valence-corrected chi connectivity index (χ2v) is 5.39. The maximum absolute atomic E-state index is 12.2. The number of nitrogens with zero attached hydrogens (tertiary/aromatic N) is 1. The lowest BCUT2D eigenvalue weighted by Crippen LogP contribution is -2.15. The normalized spacial score (nSPS) is 11.2. The molecule has 0 radical (unpaired) electrons. The highest BCUT2D eigenvalue weighted by molar-refractivity contribution is 9.10. The first-order chi connectivity index (χ1) is 10.0. The van der Waals surface area contributed by atoms with Crippen molar-refractivity contribution in [1.29, 1.82) is 0 Å². The van der Waals surface area contributed by atoms with Gasteiger partial charge in [-0.3, -0.25) is 4.79 Å². The van der Waals surface area contributed by atoms with Gasteiger partial charge in [0.15, 0.2) is 5.84 Å². The number of anilines is 1. The molecule has 0 spiro atoms. The van der Waals surface area contributed by atoms with Crippen molar-refractivity contribution >= 4 is 33.4 Å². The minimum Gasteiger partial charge on any atom is -0.409 e. The summed E-state index contributed by atoms with van der Waals surface area (Å²) >= 11 is 3.35. The maximum atomic E-state index is 12.2. The van der Waals surface area contributed by atoms with E-state index in [4.69, 9.17) is 10.9 Å². The van der Waals surface area contributed by atoms with Crippen LogP contribution in [0.1, 0.15) is 21.5 Å². The molecule has 0 aliphatic rings. The summed E-state index contributed by atoms with van der Waals surface area (Å²) in [7, 11) is 0. The van der Waals surface area contributed by atoms with Gasteiger partial charge in [0, 0.05) is 21.3 Å². The molecule has 0 fully saturated rings. The molecule has 0 unspecified atom stereocenters. The number of nitrogens with one attached hydrogen (secondary N) is 1. The molecule has 6 heteroatoms. The van der Waals surface area contributed by atoms with Crippen LogP contribution in [0.4, 0.5) is 5.69 Å². The molecule has 4 N–H and O–H groups in total. The van der Waals surface area contributed by atoms with Crippen LogP contribution in [0.3, 0.4) is 0 Å². The summed E-state index contributed by atoms with van der Waals surface area (Å²) < 4.78 is 0.848. The molecule has 2 rings (SSSR count). The van der Waals surface area contributed by atoms with E-state index < -0.39 is 0 Å². The molecule has 0 saturated carbocycles. The Bertz CT molecular complexity index is 697. The Balaban J connectivity index is 2.18. The van der Waals surface area contributed by atoms with Crippen molar-refractivity contribution in [3.05, 3.63) is 63.6 Å². The Labute approximate surface area is 130 Å². The van der Waals surface area contributed by atoms with E-state index >= 15 is 0 Å². The molecule has 21 heavy (non-hydrogen) atoms. The zero-order valence-electron chi connectivity index (χ0n) is 11.3. The lowest BCUT2D eigenvalue weighted by Gasteiger charge is -2.09. The van der Waals surface area contributed by atoms with Gasteiger partial charge in [0.05, 0.1) is 0 Å². The van der Waals surface area contributed by atoms with E-state index in [2.05, 4.69) is 26.4 Å². The van der Waals surface area contributed by atoms with Crippen molar-refractivity contribution in [2.75, 3.05) is 5.32 Å². The van der Waals surface area contributed by atoms with Crippen LogP contribution in [0.15, 0.2) is 52.1 Å². The summed E-state index contributed by atoms with van der Waals surface area (Å²) in [5.74, 6) is -0.166. The van der Waals surface area contributed by atoms with Crippen LogP contribution in [0.25, 0.3) is 0 Å². The highest BCUT2D eigenvalue weighted by atomic mass is 79.9. The predicted octanol–water partition coefficient (Wildman–Crippen LogP) is 3.10. The van der Waals surface area contributed by atoms with Gasteiger partial charge in [-0.05, 0) is 48.9 Å². The molecular formula is C15H14BrN3O2. The van der Waals surface area contributed by atoms with E-state index in [0.717, 1.165) is 10.0 Å². The number of hydrogen-bond acceptors (Lipinski definition) is 3. The lowest BCUT2D eigenvalue weighted by molar-refractivity contribution is 0.102. The highest BCUT2D eigenvalue weighted by Crippen LogP contribution is 2.18. The summed E-state index contributed by atoms with van der Waals surface area (Å²) in [5.41, 5.74) is 8.19. The van der Waals surface area contributed by atoms with Crippen LogP contribution in [0.5, 0.6) is 0 Å². The minimum absolute atomic E-state index is 0.0238. The summed E-state index contributed by atoms with van der Waals surface area (Å²) in [5, 5.41) is 14.3. The van der Waals surface area contributed by atoms with Gasteiger partial charge in [-0.2, -0.15) is 0 Å². The van der Waals surface area contributed by atoms with Gasteiger partial charge in [-0.15, -0.1) is 0 Å². The number of hydrogen-bond donors (Lipinski definition) is 3. The first-order valence-electron chi connectivity index (χ1n) is 6.16. The topological polar surface area (TPSA) is 87.7 Å². The second kappa shape index (κ2) is 6.41. The average Bonchev–Trinajstić information content (AvgIpc) is 2.49. The zero-order valence-corrected chi connectivity index (χ0v) is 12.9. The largest absolute Gasteiger partial charge is 0.409 e. The maximum Gasteiger partial charge on any atom is 0.255 e.